The molecule has 0 saturated carbocycles. The lowest BCUT2D eigenvalue weighted by molar-refractivity contribution is 0.265. The first-order chi connectivity index (χ1) is 9.83. The average Bonchev–Trinajstić information content (AvgIpc) is 2.66. The Bertz CT molecular complexity index is 439. The SMILES string of the molecule is CCCC(C)(CNCC(C)C)Cc1c(Br)c(CC)nn1C. The summed E-state index contributed by atoms with van der Waals surface area (Å²) in [4.78, 5) is 0. The van der Waals surface area contributed by atoms with Crippen LogP contribution in [0.1, 0.15) is 58.8 Å². The largest absolute Gasteiger partial charge is 0.316 e. The van der Waals surface area contributed by atoms with E-state index in [1.165, 1.54) is 28.7 Å². The van der Waals surface area contributed by atoms with Crippen LogP contribution in [0, 0.1) is 11.3 Å². The van der Waals surface area contributed by atoms with Crippen LogP contribution < -0.4 is 5.32 Å². The first-order valence-electron chi connectivity index (χ1n) is 8.24. The molecule has 122 valence electrons. The summed E-state index contributed by atoms with van der Waals surface area (Å²) in [6, 6.07) is 0. The van der Waals surface area contributed by atoms with Crippen molar-refractivity contribution < 1.29 is 0 Å². The summed E-state index contributed by atoms with van der Waals surface area (Å²) in [7, 11) is 2.06. The number of aryl methyl sites for hydroxylation is 2. The maximum Gasteiger partial charge on any atom is 0.0766 e. The third kappa shape index (κ3) is 5.41. The second kappa shape index (κ2) is 8.33. The molecular weight excluding hydrogens is 326 g/mol. The van der Waals surface area contributed by atoms with Crippen LogP contribution in [0.5, 0.6) is 0 Å². The fraction of sp³-hybridized carbons (Fsp3) is 0.824. The van der Waals surface area contributed by atoms with Gasteiger partial charge in [0.25, 0.3) is 0 Å². The molecule has 0 bridgehead atoms. The Labute approximate surface area is 139 Å². The van der Waals surface area contributed by atoms with Gasteiger partial charge in [0, 0.05) is 13.6 Å². The van der Waals surface area contributed by atoms with Crippen LogP contribution in [0.3, 0.4) is 0 Å². The van der Waals surface area contributed by atoms with Gasteiger partial charge in [0.05, 0.1) is 15.9 Å². The van der Waals surface area contributed by atoms with Gasteiger partial charge in [-0.3, -0.25) is 4.68 Å². The summed E-state index contributed by atoms with van der Waals surface area (Å²) < 4.78 is 3.26. The Hall–Kier alpha value is -0.350. The molecule has 1 aromatic heterocycles. The molecule has 1 aromatic rings. The van der Waals surface area contributed by atoms with Crippen LogP contribution in [0.2, 0.25) is 0 Å². The maximum atomic E-state index is 4.63. The predicted octanol–water partition coefficient (Wildman–Crippen LogP) is 4.34. The highest BCUT2D eigenvalue weighted by Crippen LogP contribution is 2.32. The fourth-order valence-electron chi connectivity index (χ4n) is 2.92. The smallest absolute Gasteiger partial charge is 0.0766 e. The second-order valence-corrected chi connectivity index (χ2v) is 7.74. The second-order valence-electron chi connectivity index (χ2n) is 6.95. The van der Waals surface area contributed by atoms with Gasteiger partial charge >= 0.3 is 0 Å². The van der Waals surface area contributed by atoms with Crippen molar-refractivity contribution in [3.8, 4) is 0 Å². The van der Waals surface area contributed by atoms with Crippen molar-refractivity contribution >= 4 is 15.9 Å². The number of nitrogens with one attached hydrogen (secondary N) is 1. The molecule has 0 spiro atoms. The molecule has 0 amide bonds. The molecule has 1 heterocycles. The number of hydrogen-bond acceptors (Lipinski definition) is 2. The van der Waals surface area contributed by atoms with Gasteiger partial charge < -0.3 is 5.32 Å². The van der Waals surface area contributed by atoms with E-state index in [0.29, 0.717) is 5.92 Å². The van der Waals surface area contributed by atoms with Crippen LogP contribution in [-0.2, 0) is 19.9 Å². The molecule has 4 heteroatoms. The zero-order chi connectivity index (χ0) is 16.0. The lowest BCUT2D eigenvalue weighted by Crippen LogP contribution is -2.36. The Morgan fingerprint density at radius 3 is 2.48 bits per heavy atom. The first-order valence-corrected chi connectivity index (χ1v) is 9.03. The number of rotatable bonds is 9. The Kier molecular flexibility index (Phi) is 7.41. The van der Waals surface area contributed by atoms with E-state index >= 15 is 0 Å². The molecule has 1 N–H and O–H groups in total. The molecule has 1 rings (SSSR count). The van der Waals surface area contributed by atoms with E-state index in [4.69, 9.17) is 0 Å². The van der Waals surface area contributed by atoms with Gasteiger partial charge in [-0.15, -0.1) is 0 Å². The molecule has 3 nitrogen and oxygen atoms in total. The van der Waals surface area contributed by atoms with Crippen molar-refractivity contribution in [2.75, 3.05) is 13.1 Å². The topological polar surface area (TPSA) is 29.9 Å². The molecule has 1 atom stereocenters. The Balaban J connectivity index is 2.84. The minimum absolute atomic E-state index is 0.283. The maximum absolute atomic E-state index is 4.63. The van der Waals surface area contributed by atoms with E-state index in [9.17, 15) is 0 Å². The third-order valence-corrected chi connectivity index (χ3v) is 4.97. The lowest BCUT2D eigenvalue weighted by Gasteiger charge is -2.30. The summed E-state index contributed by atoms with van der Waals surface area (Å²) in [6.07, 6.45) is 4.49. The van der Waals surface area contributed by atoms with Crippen LogP contribution in [-0.4, -0.2) is 22.9 Å². The van der Waals surface area contributed by atoms with Crippen molar-refractivity contribution in [1.82, 2.24) is 15.1 Å². The van der Waals surface area contributed by atoms with Gasteiger partial charge in [0.15, 0.2) is 0 Å². The van der Waals surface area contributed by atoms with Gasteiger partial charge in [-0.05, 0) is 53.1 Å². The molecular formula is C17H32BrN3. The lowest BCUT2D eigenvalue weighted by atomic mass is 9.81. The standard InChI is InChI=1S/C17H32BrN3/c1-7-9-17(5,12-19-11-13(3)4)10-15-16(18)14(8-2)20-21(15)6/h13,19H,7-12H2,1-6H3. The van der Waals surface area contributed by atoms with E-state index in [0.717, 1.165) is 25.9 Å². The molecule has 1 unspecified atom stereocenters. The van der Waals surface area contributed by atoms with E-state index < -0.39 is 0 Å². The summed E-state index contributed by atoms with van der Waals surface area (Å²) in [5.74, 6) is 0.700. The summed E-state index contributed by atoms with van der Waals surface area (Å²) in [5, 5.41) is 8.28. The van der Waals surface area contributed by atoms with Crippen molar-refractivity contribution in [2.24, 2.45) is 18.4 Å². The quantitative estimate of drug-likeness (QED) is 0.712. The zero-order valence-corrected chi connectivity index (χ0v) is 16.2. The highest BCUT2D eigenvalue weighted by molar-refractivity contribution is 9.10. The van der Waals surface area contributed by atoms with E-state index in [1.807, 2.05) is 0 Å². The zero-order valence-electron chi connectivity index (χ0n) is 14.6. The Morgan fingerprint density at radius 1 is 1.33 bits per heavy atom. The van der Waals surface area contributed by atoms with Gasteiger partial charge in [-0.25, -0.2) is 0 Å². The van der Waals surface area contributed by atoms with Gasteiger partial charge in [0.2, 0.25) is 0 Å². The van der Waals surface area contributed by atoms with Crippen LogP contribution in [0.25, 0.3) is 0 Å². The molecule has 0 fully saturated rings. The van der Waals surface area contributed by atoms with Crippen LogP contribution in [0.15, 0.2) is 4.47 Å². The van der Waals surface area contributed by atoms with Crippen molar-refractivity contribution in [1.29, 1.82) is 0 Å². The normalized spacial score (nSPS) is 14.7. The summed E-state index contributed by atoms with van der Waals surface area (Å²) >= 11 is 3.75. The van der Waals surface area contributed by atoms with E-state index in [1.54, 1.807) is 0 Å². The number of halogens is 1. The van der Waals surface area contributed by atoms with Crippen molar-refractivity contribution in [3.05, 3.63) is 15.9 Å². The van der Waals surface area contributed by atoms with Gasteiger partial charge in [0.1, 0.15) is 0 Å². The first kappa shape index (κ1) is 18.7. The van der Waals surface area contributed by atoms with E-state index in [2.05, 4.69) is 72.7 Å². The van der Waals surface area contributed by atoms with Crippen molar-refractivity contribution in [2.45, 2.75) is 60.3 Å². The van der Waals surface area contributed by atoms with Gasteiger partial charge in [-0.1, -0.05) is 41.0 Å². The van der Waals surface area contributed by atoms with E-state index in [-0.39, 0.29) is 5.41 Å². The molecule has 0 radical (unpaired) electrons. The molecule has 0 aliphatic rings. The Morgan fingerprint density at radius 2 is 2.00 bits per heavy atom. The average molecular weight is 358 g/mol. The highest BCUT2D eigenvalue weighted by Gasteiger charge is 2.27. The van der Waals surface area contributed by atoms with Crippen LogP contribution in [0.4, 0.5) is 0 Å². The molecule has 0 aliphatic carbocycles. The minimum atomic E-state index is 0.283. The highest BCUT2D eigenvalue weighted by atomic mass is 79.9. The van der Waals surface area contributed by atoms with Crippen LogP contribution >= 0.6 is 15.9 Å². The number of nitrogens with zero attached hydrogens (tertiary/aromatic N) is 2. The monoisotopic (exact) mass is 357 g/mol. The van der Waals surface area contributed by atoms with Crippen molar-refractivity contribution in [3.63, 3.8) is 0 Å². The number of aromatic nitrogens is 2. The molecule has 0 aromatic carbocycles. The molecule has 0 saturated heterocycles. The summed E-state index contributed by atoms with van der Waals surface area (Å²) in [5.41, 5.74) is 2.78. The predicted molar refractivity (Wildman–Crippen MR) is 94.7 cm³/mol. The molecule has 21 heavy (non-hydrogen) atoms. The van der Waals surface area contributed by atoms with Gasteiger partial charge in [-0.2, -0.15) is 5.10 Å². The fourth-order valence-corrected chi connectivity index (χ4v) is 3.68. The minimum Gasteiger partial charge on any atom is -0.316 e. The number of hydrogen-bond donors (Lipinski definition) is 1. The third-order valence-electron chi connectivity index (χ3n) is 4.06. The molecule has 0 aliphatic heterocycles. The summed E-state index contributed by atoms with van der Waals surface area (Å²) in [6.45, 7) is 13.5.